The van der Waals surface area contributed by atoms with Crippen LogP contribution in [0.5, 0.6) is 0 Å². The molecule has 1 saturated heterocycles. The molecule has 1 aliphatic rings. The van der Waals surface area contributed by atoms with Gasteiger partial charge in [-0.25, -0.2) is 14.3 Å². The van der Waals surface area contributed by atoms with Gasteiger partial charge < -0.3 is 20.1 Å². The van der Waals surface area contributed by atoms with Crippen molar-refractivity contribution in [1.29, 1.82) is 0 Å². The van der Waals surface area contributed by atoms with E-state index in [-0.39, 0.29) is 19.2 Å². The maximum Gasteiger partial charge on any atom is 0.334 e. The van der Waals surface area contributed by atoms with Crippen LogP contribution in [-0.4, -0.2) is 57.6 Å². The second-order valence-corrected chi connectivity index (χ2v) is 5.68. The highest BCUT2D eigenvalue weighted by Crippen LogP contribution is 2.20. The molecule has 1 unspecified atom stereocenters. The molecule has 1 aromatic heterocycles. The van der Waals surface area contributed by atoms with Crippen LogP contribution in [0.2, 0.25) is 0 Å². The number of nitrogens with one attached hydrogen (secondary N) is 1. The van der Waals surface area contributed by atoms with Crippen molar-refractivity contribution in [3.05, 3.63) is 42.2 Å². The lowest BCUT2D eigenvalue weighted by Gasteiger charge is -2.30. The molecule has 3 rings (SSSR count). The number of nitrogens with zero attached hydrogens (tertiary/aromatic N) is 3. The molecule has 0 radical (unpaired) electrons. The molecule has 8 heteroatoms. The number of anilines is 1. The Hall–Kier alpha value is -2.87. The summed E-state index contributed by atoms with van der Waals surface area (Å²) in [7, 11) is 0. The summed E-state index contributed by atoms with van der Waals surface area (Å²) in [6, 6.07) is 9.31. The lowest BCUT2D eigenvalue weighted by atomic mass is 10.2. The number of aliphatic carboxylic acids is 1. The van der Waals surface area contributed by atoms with E-state index in [0.29, 0.717) is 18.7 Å². The first kappa shape index (κ1) is 17.0. The van der Waals surface area contributed by atoms with Crippen LogP contribution in [0.15, 0.2) is 36.5 Å². The number of carboxylic acids is 1. The zero-order valence-corrected chi connectivity index (χ0v) is 13.9. The second kappa shape index (κ2) is 7.35. The van der Waals surface area contributed by atoms with E-state index in [1.165, 1.54) is 4.90 Å². The Labute approximate surface area is 145 Å². The smallest absolute Gasteiger partial charge is 0.334 e. The summed E-state index contributed by atoms with van der Waals surface area (Å²) in [6.45, 7) is 2.56. The molecule has 0 spiro atoms. The molecule has 8 nitrogen and oxygen atoms in total. The van der Waals surface area contributed by atoms with Gasteiger partial charge in [0.25, 0.3) is 0 Å². The molecule has 1 aliphatic heterocycles. The molecule has 0 saturated carbocycles. The summed E-state index contributed by atoms with van der Waals surface area (Å²) in [5, 5.41) is 16.2. The quantitative estimate of drug-likeness (QED) is 0.881. The Morgan fingerprint density at radius 3 is 2.80 bits per heavy atom. The molecule has 2 N–H and O–H groups in total. The van der Waals surface area contributed by atoms with Crippen LogP contribution in [0.1, 0.15) is 12.6 Å². The Kier molecular flexibility index (Phi) is 4.99. The highest BCUT2D eigenvalue weighted by molar-refractivity contribution is 5.90. The number of para-hydroxylation sites is 1. The first-order valence-electron chi connectivity index (χ1n) is 8.12. The number of urea groups is 1. The van der Waals surface area contributed by atoms with Crippen molar-refractivity contribution < 1.29 is 19.4 Å². The van der Waals surface area contributed by atoms with Crippen molar-refractivity contribution in [2.75, 3.05) is 25.0 Å². The van der Waals surface area contributed by atoms with Crippen LogP contribution in [0, 0.1) is 0 Å². The van der Waals surface area contributed by atoms with Crippen LogP contribution < -0.4 is 5.32 Å². The summed E-state index contributed by atoms with van der Waals surface area (Å²) in [5.41, 5.74) is 2.41. The maximum atomic E-state index is 12.5. The highest BCUT2D eigenvalue weighted by Gasteiger charge is 2.29. The van der Waals surface area contributed by atoms with Crippen LogP contribution in [0.3, 0.4) is 0 Å². The van der Waals surface area contributed by atoms with E-state index >= 15 is 0 Å². The Bertz CT molecular complexity index is 759. The van der Waals surface area contributed by atoms with Gasteiger partial charge >= 0.3 is 12.0 Å². The summed E-state index contributed by atoms with van der Waals surface area (Å²) < 4.78 is 6.93. The third-order valence-electron chi connectivity index (χ3n) is 4.08. The molecule has 2 amide bonds. The summed E-state index contributed by atoms with van der Waals surface area (Å²) in [6.07, 6.45) is 1.31. The van der Waals surface area contributed by atoms with Crippen LogP contribution in [0.4, 0.5) is 10.5 Å². The number of aromatic nitrogens is 2. The minimum absolute atomic E-state index is 0.0233. The zero-order chi connectivity index (χ0) is 17.8. The third kappa shape index (κ3) is 3.63. The van der Waals surface area contributed by atoms with Gasteiger partial charge in [-0.3, -0.25) is 0 Å². The van der Waals surface area contributed by atoms with E-state index in [4.69, 9.17) is 9.84 Å². The Balaban J connectivity index is 1.76. The number of rotatable bonds is 4. The molecule has 0 aliphatic carbocycles. The van der Waals surface area contributed by atoms with Crippen LogP contribution in [0.25, 0.3) is 5.69 Å². The molecule has 1 aromatic carbocycles. The minimum atomic E-state index is -1.07. The van der Waals surface area contributed by atoms with E-state index in [0.717, 1.165) is 11.4 Å². The number of carbonyl (C=O) groups excluding carboxylic acids is 1. The van der Waals surface area contributed by atoms with E-state index in [2.05, 4.69) is 10.4 Å². The van der Waals surface area contributed by atoms with Gasteiger partial charge in [-0.15, -0.1) is 0 Å². The van der Waals surface area contributed by atoms with Crippen molar-refractivity contribution in [3.8, 4) is 5.69 Å². The van der Waals surface area contributed by atoms with Gasteiger partial charge in [-0.2, -0.15) is 5.10 Å². The molecule has 2 aromatic rings. The van der Waals surface area contributed by atoms with Crippen molar-refractivity contribution in [2.24, 2.45) is 0 Å². The molecular formula is C17H20N4O4. The topological polar surface area (TPSA) is 96.7 Å². The molecule has 2 heterocycles. The fourth-order valence-corrected chi connectivity index (χ4v) is 2.79. The molecule has 25 heavy (non-hydrogen) atoms. The monoisotopic (exact) mass is 344 g/mol. The van der Waals surface area contributed by atoms with Crippen molar-refractivity contribution in [1.82, 2.24) is 14.7 Å². The SMILES string of the molecule is CCc1c(NC(=O)N2CCOC(C(=O)O)C2)cnn1-c1ccccc1. The summed E-state index contributed by atoms with van der Waals surface area (Å²) in [5.74, 6) is -1.07. The molecular weight excluding hydrogens is 324 g/mol. The number of carboxylic acid groups (broad SMARTS) is 1. The molecule has 1 atom stereocenters. The van der Waals surface area contributed by atoms with Crippen LogP contribution in [-0.2, 0) is 16.0 Å². The van der Waals surface area contributed by atoms with Gasteiger partial charge in [0.2, 0.25) is 0 Å². The number of ether oxygens (including phenoxy) is 1. The number of hydrogen-bond donors (Lipinski definition) is 2. The molecule has 132 valence electrons. The van der Waals surface area contributed by atoms with Crippen LogP contribution >= 0.6 is 0 Å². The standard InChI is InChI=1S/C17H20N4O4/c1-2-14-13(10-18-21(14)12-6-4-3-5-7-12)19-17(24)20-8-9-25-15(11-20)16(22)23/h3-7,10,15H,2,8-9,11H2,1H3,(H,19,24)(H,22,23). The van der Waals surface area contributed by atoms with E-state index in [1.54, 1.807) is 10.9 Å². The van der Waals surface area contributed by atoms with Gasteiger partial charge in [-0.05, 0) is 18.6 Å². The summed E-state index contributed by atoms with van der Waals surface area (Å²) >= 11 is 0. The second-order valence-electron chi connectivity index (χ2n) is 5.68. The third-order valence-corrected chi connectivity index (χ3v) is 4.08. The van der Waals surface area contributed by atoms with Crippen molar-refractivity contribution >= 4 is 17.7 Å². The first-order valence-corrected chi connectivity index (χ1v) is 8.12. The lowest BCUT2D eigenvalue weighted by Crippen LogP contribution is -2.49. The molecule has 1 fully saturated rings. The summed E-state index contributed by atoms with van der Waals surface area (Å²) in [4.78, 5) is 25.0. The number of hydrogen-bond acceptors (Lipinski definition) is 4. The minimum Gasteiger partial charge on any atom is -0.479 e. The number of benzene rings is 1. The average molecular weight is 344 g/mol. The Morgan fingerprint density at radius 1 is 1.36 bits per heavy atom. The first-order chi connectivity index (χ1) is 12.1. The predicted molar refractivity (Wildman–Crippen MR) is 90.9 cm³/mol. The van der Waals surface area contributed by atoms with Gasteiger partial charge in [0.05, 0.1) is 36.4 Å². The zero-order valence-electron chi connectivity index (χ0n) is 13.9. The van der Waals surface area contributed by atoms with Gasteiger partial charge in [0.15, 0.2) is 6.10 Å². The van der Waals surface area contributed by atoms with Gasteiger partial charge in [0.1, 0.15) is 0 Å². The number of amides is 2. The van der Waals surface area contributed by atoms with Crippen molar-refractivity contribution in [2.45, 2.75) is 19.4 Å². The van der Waals surface area contributed by atoms with Crippen molar-refractivity contribution in [3.63, 3.8) is 0 Å². The normalized spacial score (nSPS) is 17.3. The highest BCUT2D eigenvalue weighted by atomic mass is 16.5. The number of morpholine rings is 1. The van der Waals surface area contributed by atoms with E-state index in [1.807, 2.05) is 37.3 Å². The fourth-order valence-electron chi connectivity index (χ4n) is 2.79. The largest absolute Gasteiger partial charge is 0.479 e. The van der Waals surface area contributed by atoms with E-state index in [9.17, 15) is 9.59 Å². The Morgan fingerprint density at radius 2 is 2.12 bits per heavy atom. The maximum absolute atomic E-state index is 12.5. The predicted octanol–water partition coefficient (Wildman–Crippen LogP) is 1.75. The van der Waals surface area contributed by atoms with Gasteiger partial charge in [-0.1, -0.05) is 25.1 Å². The van der Waals surface area contributed by atoms with E-state index < -0.39 is 12.1 Å². The molecule has 0 bridgehead atoms. The lowest BCUT2D eigenvalue weighted by molar-refractivity contribution is -0.154. The number of carbonyl (C=O) groups is 2. The average Bonchev–Trinajstić information content (AvgIpc) is 3.05. The fraction of sp³-hybridized carbons (Fsp3) is 0.353. The van der Waals surface area contributed by atoms with Gasteiger partial charge in [0, 0.05) is 6.54 Å².